The molecule has 1 heterocycles. The van der Waals surface area contributed by atoms with Gasteiger partial charge in [-0.05, 0) is 55.7 Å². The summed E-state index contributed by atoms with van der Waals surface area (Å²) in [5, 5.41) is 3.59. The standard InChI is InChI=1S/C20H28N2O/c23-20-19(10-11-22(20)18-8-2-1-3-9-18)21-14-15-12-16-6-4-5-7-17(16)13-15/h4-7,15,18-19,21H,1-3,8-14H2. The van der Waals surface area contributed by atoms with Gasteiger partial charge in [-0.3, -0.25) is 4.79 Å². The van der Waals surface area contributed by atoms with Crippen LogP contribution in [-0.2, 0) is 17.6 Å². The summed E-state index contributed by atoms with van der Waals surface area (Å²) in [6, 6.07) is 9.37. The molecule has 1 N–H and O–H groups in total. The van der Waals surface area contributed by atoms with E-state index in [1.54, 1.807) is 0 Å². The van der Waals surface area contributed by atoms with Gasteiger partial charge in [0.05, 0.1) is 6.04 Å². The fourth-order valence-corrected chi connectivity index (χ4v) is 4.75. The number of hydrogen-bond acceptors (Lipinski definition) is 2. The van der Waals surface area contributed by atoms with Crippen LogP contribution in [0, 0.1) is 5.92 Å². The number of amides is 1. The van der Waals surface area contributed by atoms with Gasteiger partial charge in [0.25, 0.3) is 0 Å². The molecule has 3 heteroatoms. The Bertz CT molecular complexity index is 540. The molecule has 2 aliphatic carbocycles. The van der Waals surface area contributed by atoms with Crippen molar-refractivity contribution in [1.82, 2.24) is 10.2 Å². The highest BCUT2D eigenvalue weighted by Gasteiger charge is 2.36. The number of benzene rings is 1. The van der Waals surface area contributed by atoms with E-state index in [4.69, 9.17) is 0 Å². The van der Waals surface area contributed by atoms with Crippen LogP contribution >= 0.6 is 0 Å². The molecule has 1 saturated carbocycles. The zero-order valence-corrected chi connectivity index (χ0v) is 14.0. The van der Waals surface area contributed by atoms with Crippen LogP contribution in [0.5, 0.6) is 0 Å². The second-order valence-corrected chi connectivity index (χ2v) is 7.62. The quantitative estimate of drug-likeness (QED) is 0.927. The minimum Gasteiger partial charge on any atom is -0.338 e. The Morgan fingerprint density at radius 2 is 1.70 bits per heavy atom. The molecule has 0 spiro atoms. The Labute approximate surface area is 139 Å². The molecule has 0 bridgehead atoms. The van der Waals surface area contributed by atoms with Crippen molar-refractivity contribution in [1.29, 1.82) is 0 Å². The first kappa shape index (κ1) is 15.2. The number of carbonyl (C=O) groups excluding carboxylic acids is 1. The van der Waals surface area contributed by atoms with Gasteiger partial charge in [-0.15, -0.1) is 0 Å². The minimum atomic E-state index is 0.0700. The molecule has 3 aliphatic rings. The fourth-order valence-electron chi connectivity index (χ4n) is 4.75. The third kappa shape index (κ3) is 3.16. The lowest BCUT2D eigenvalue weighted by Crippen LogP contribution is -2.44. The summed E-state index contributed by atoms with van der Waals surface area (Å²) in [4.78, 5) is 14.9. The van der Waals surface area contributed by atoms with Crippen LogP contribution in [0.15, 0.2) is 24.3 Å². The van der Waals surface area contributed by atoms with E-state index in [0.717, 1.165) is 32.4 Å². The lowest BCUT2D eigenvalue weighted by molar-refractivity contribution is -0.132. The summed E-state index contributed by atoms with van der Waals surface area (Å²) < 4.78 is 0. The maximum atomic E-state index is 12.7. The van der Waals surface area contributed by atoms with Gasteiger partial charge in [-0.25, -0.2) is 0 Å². The molecule has 1 unspecified atom stereocenters. The maximum Gasteiger partial charge on any atom is 0.240 e. The first-order chi connectivity index (χ1) is 11.3. The molecule has 0 aromatic heterocycles. The van der Waals surface area contributed by atoms with Gasteiger partial charge in [-0.1, -0.05) is 43.5 Å². The molecule has 1 saturated heterocycles. The number of nitrogens with one attached hydrogen (secondary N) is 1. The topological polar surface area (TPSA) is 32.3 Å². The number of hydrogen-bond donors (Lipinski definition) is 1. The largest absolute Gasteiger partial charge is 0.338 e. The molecule has 4 rings (SSSR count). The number of nitrogens with zero attached hydrogens (tertiary/aromatic N) is 1. The smallest absolute Gasteiger partial charge is 0.240 e. The van der Waals surface area contributed by atoms with Gasteiger partial charge in [0.1, 0.15) is 0 Å². The molecule has 23 heavy (non-hydrogen) atoms. The molecule has 1 aliphatic heterocycles. The number of likely N-dealkylation sites (tertiary alicyclic amines) is 1. The van der Waals surface area contributed by atoms with Gasteiger partial charge in [-0.2, -0.15) is 0 Å². The van der Waals surface area contributed by atoms with Crippen molar-refractivity contribution in [3.63, 3.8) is 0 Å². The molecule has 1 amide bonds. The van der Waals surface area contributed by atoms with Crippen molar-refractivity contribution < 1.29 is 4.79 Å². The molecule has 2 fully saturated rings. The molecule has 3 nitrogen and oxygen atoms in total. The third-order valence-electron chi connectivity index (χ3n) is 6.04. The van der Waals surface area contributed by atoms with Crippen molar-refractivity contribution in [2.45, 2.75) is 63.5 Å². The molecule has 1 atom stereocenters. The minimum absolute atomic E-state index is 0.0700. The molecule has 1 aromatic carbocycles. The Morgan fingerprint density at radius 1 is 1.00 bits per heavy atom. The van der Waals surface area contributed by atoms with E-state index in [1.807, 2.05) is 0 Å². The summed E-state index contributed by atoms with van der Waals surface area (Å²) in [7, 11) is 0. The van der Waals surface area contributed by atoms with Crippen LogP contribution < -0.4 is 5.32 Å². The second-order valence-electron chi connectivity index (χ2n) is 7.62. The van der Waals surface area contributed by atoms with E-state index in [0.29, 0.717) is 17.9 Å². The summed E-state index contributed by atoms with van der Waals surface area (Å²) >= 11 is 0. The Kier molecular flexibility index (Phi) is 4.39. The van der Waals surface area contributed by atoms with Gasteiger partial charge >= 0.3 is 0 Å². The van der Waals surface area contributed by atoms with Gasteiger partial charge in [0.2, 0.25) is 5.91 Å². The molecule has 124 valence electrons. The van der Waals surface area contributed by atoms with Crippen molar-refractivity contribution in [2.75, 3.05) is 13.1 Å². The summed E-state index contributed by atoms with van der Waals surface area (Å²) in [5.41, 5.74) is 3.00. The second kappa shape index (κ2) is 6.64. The van der Waals surface area contributed by atoms with E-state index < -0.39 is 0 Å². The summed E-state index contributed by atoms with van der Waals surface area (Å²) in [6.45, 7) is 1.94. The highest BCUT2D eigenvalue weighted by Crippen LogP contribution is 2.28. The van der Waals surface area contributed by atoms with Crippen molar-refractivity contribution in [2.24, 2.45) is 5.92 Å². The fraction of sp³-hybridized carbons (Fsp3) is 0.650. The van der Waals surface area contributed by atoms with E-state index >= 15 is 0 Å². The SMILES string of the molecule is O=C1C(NCC2Cc3ccccc3C2)CCN1C1CCCCC1. The van der Waals surface area contributed by atoms with Crippen LogP contribution in [0.1, 0.15) is 49.7 Å². The monoisotopic (exact) mass is 312 g/mol. The van der Waals surface area contributed by atoms with Crippen LogP contribution in [0.3, 0.4) is 0 Å². The zero-order valence-electron chi connectivity index (χ0n) is 14.0. The molecule has 1 aromatic rings. The zero-order chi connectivity index (χ0) is 15.6. The van der Waals surface area contributed by atoms with Crippen LogP contribution in [0.2, 0.25) is 0 Å². The van der Waals surface area contributed by atoms with Gasteiger partial charge in [0, 0.05) is 12.6 Å². The Balaban J connectivity index is 1.28. The molecular weight excluding hydrogens is 284 g/mol. The predicted octanol–water partition coefficient (Wildman–Crippen LogP) is 2.92. The van der Waals surface area contributed by atoms with Crippen molar-refractivity contribution in [3.8, 4) is 0 Å². The average Bonchev–Trinajstić information content (AvgIpc) is 3.17. The summed E-state index contributed by atoms with van der Waals surface area (Å²) in [5.74, 6) is 1.02. The highest BCUT2D eigenvalue weighted by molar-refractivity contribution is 5.84. The van der Waals surface area contributed by atoms with Gasteiger partial charge in [0.15, 0.2) is 0 Å². The number of carbonyl (C=O) groups is 1. The maximum absolute atomic E-state index is 12.7. The summed E-state index contributed by atoms with van der Waals surface area (Å²) in [6.07, 6.45) is 9.71. The van der Waals surface area contributed by atoms with Crippen LogP contribution in [-0.4, -0.2) is 36.0 Å². The normalized spacial score (nSPS) is 26.0. The van der Waals surface area contributed by atoms with Crippen LogP contribution in [0.25, 0.3) is 0 Å². The lowest BCUT2D eigenvalue weighted by Gasteiger charge is -2.31. The predicted molar refractivity (Wildman–Crippen MR) is 92.3 cm³/mol. The number of rotatable bonds is 4. The van der Waals surface area contributed by atoms with E-state index in [-0.39, 0.29) is 6.04 Å². The van der Waals surface area contributed by atoms with E-state index in [2.05, 4.69) is 34.5 Å². The van der Waals surface area contributed by atoms with Gasteiger partial charge < -0.3 is 10.2 Å². The van der Waals surface area contributed by atoms with E-state index in [9.17, 15) is 4.79 Å². The van der Waals surface area contributed by atoms with Crippen molar-refractivity contribution in [3.05, 3.63) is 35.4 Å². The molecular formula is C20H28N2O. The number of fused-ring (bicyclic) bond motifs is 1. The Hall–Kier alpha value is -1.35. The van der Waals surface area contributed by atoms with E-state index in [1.165, 1.54) is 43.2 Å². The third-order valence-corrected chi connectivity index (χ3v) is 6.04. The lowest BCUT2D eigenvalue weighted by atomic mass is 9.94. The van der Waals surface area contributed by atoms with Crippen molar-refractivity contribution >= 4 is 5.91 Å². The Morgan fingerprint density at radius 3 is 2.39 bits per heavy atom. The molecule has 0 radical (unpaired) electrons. The first-order valence-corrected chi connectivity index (χ1v) is 9.42. The average molecular weight is 312 g/mol. The van der Waals surface area contributed by atoms with Crippen LogP contribution in [0.4, 0.5) is 0 Å². The first-order valence-electron chi connectivity index (χ1n) is 9.42. The highest BCUT2D eigenvalue weighted by atomic mass is 16.2.